The molecule has 94 valence electrons. The average molecular weight is 242 g/mol. The topological polar surface area (TPSA) is 45.8 Å². The molecule has 0 saturated heterocycles. The van der Waals surface area contributed by atoms with Crippen molar-refractivity contribution in [3.8, 4) is 11.3 Å². The third-order valence-electron chi connectivity index (χ3n) is 3.94. The van der Waals surface area contributed by atoms with E-state index < -0.39 is 0 Å². The van der Waals surface area contributed by atoms with E-state index in [4.69, 9.17) is 0 Å². The molecular formula is C15H18N2O. The second-order valence-corrected chi connectivity index (χ2v) is 4.81. The van der Waals surface area contributed by atoms with Crippen molar-refractivity contribution in [1.29, 1.82) is 0 Å². The number of hydrogen-bond acceptors (Lipinski definition) is 2. The van der Waals surface area contributed by atoms with E-state index in [0.29, 0.717) is 0 Å². The van der Waals surface area contributed by atoms with Gasteiger partial charge >= 0.3 is 0 Å². The van der Waals surface area contributed by atoms with Crippen LogP contribution < -0.4 is 5.56 Å². The molecule has 2 aromatic rings. The number of nitrogens with zero attached hydrogens (tertiary/aromatic N) is 1. The SMILES string of the molecule is Cc1c(C)c(C)c(-c2ccc(=O)[nH]n2)c(C)c1C. The lowest BCUT2D eigenvalue weighted by Crippen LogP contribution is -2.07. The molecule has 0 aliphatic rings. The summed E-state index contributed by atoms with van der Waals surface area (Å²) >= 11 is 0. The molecule has 0 aliphatic carbocycles. The van der Waals surface area contributed by atoms with Crippen LogP contribution in [0.4, 0.5) is 0 Å². The Balaban J connectivity index is 2.79. The largest absolute Gasteiger partial charge is 0.268 e. The minimum Gasteiger partial charge on any atom is -0.268 e. The molecule has 1 heterocycles. The average Bonchev–Trinajstić information content (AvgIpc) is 2.36. The van der Waals surface area contributed by atoms with Gasteiger partial charge in [0.25, 0.3) is 5.56 Å². The first-order chi connectivity index (χ1) is 8.43. The Hall–Kier alpha value is -1.90. The predicted octanol–water partition coefficient (Wildman–Crippen LogP) is 2.98. The van der Waals surface area contributed by atoms with Gasteiger partial charge in [0.05, 0.1) is 5.69 Å². The van der Waals surface area contributed by atoms with Gasteiger partial charge in [-0.05, 0) is 68.5 Å². The van der Waals surface area contributed by atoms with Crippen LogP contribution in [0.5, 0.6) is 0 Å². The van der Waals surface area contributed by atoms with Crippen LogP contribution in [0.1, 0.15) is 27.8 Å². The molecule has 0 atom stereocenters. The third-order valence-corrected chi connectivity index (χ3v) is 3.94. The standard InChI is InChI=1S/C15H18N2O/c1-8-9(2)11(4)15(12(5)10(8)3)13-6-7-14(18)17-16-13/h6-7H,1-5H3,(H,17,18). The van der Waals surface area contributed by atoms with Gasteiger partial charge in [0.15, 0.2) is 0 Å². The fourth-order valence-electron chi connectivity index (χ4n) is 2.37. The molecule has 3 nitrogen and oxygen atoms in total. The van der Waals surface area contributed by atoms with Crippen LogP contribution in [0.25, 0.3) is 11.3 Å². The highest BCUT2D eigenvalue weighted by atomic mass is 16.1. The summed E-state index contributed by atoms with van der Waals surface area (Å²) in [5.74, 6) is 0. The van der Waals surface area contributed by atoms with Gasteiger partial charge in [-0.3, -0.25) is 4.79 Å². The maximum atomic E-state index is 11.1. The molecule has 1 N–H and O–H groups in total. The normalized spacial score (nSPS) is 10.7. The van der Waals surface area contributed by atoms with Crippen molar-refractivity contribution in [2.75, 3.05) is 0 Å². The van der Waals surface area contributed by atoms with Gasteiger partial charge in [-0.2, -0.15) is 5.10 Å². The van der Waals surface area contributed by atoms with E-state index in [1.165, 1.54) is 33.9 Å². The highest BCUT2D eigenvalue weighted by Gasteiger charge is 2.14. The van der Waals surface area contributed by atoms with Crippen molar-refractivity contribution in [3.05, 3.63) is 50.3 Å². The molecule has 3 heteroatoms. The van der Waals surface area contributed by atoms with E-state index in [1.54, 1.807) is 6.07 Å². The van der Waals surface area contributed by atoms with Crippen LogP contribution in [0.15, 0.2) is 16.9 Å². The molecule has 0 unspecified atom stereocenters. The number of rotatable bonds is 1. The van der Waals surface area contributed by atoms with Crippen LogP contribution in [-0.4, -0.2) is 10.2 Å². The van der Waals surface area contributed by atoms with Gasteiger partial charge in [0, 0.05) is 11.6 Å². The Bertz CT molecular complexity index is 619. The lowest BCUT2D eigenvalue weighted by molar-refractivity contribution is 0.989. The molecule has 18 heavy (non-hydrogen) atoms. The second-order valence-electron chi connectivity index (χ2n) is 4.81. The molecular weight excluding hydrogens is 224 g/mol. The fourth-order valence-corrected chi connectivity index (χ4v) is 2.37. The molecule has 2 rings (SSSR count). The monoisotopic (exact) mass is 242 g/mol. The van der Waals surface area contributed by atoms with Crippen LogP contribution >= 0.6 is 0 Å². The summed E-state index contributed by atoms with van der Waals surface area (Å²) in [6.07, 6.45) is 0. The number of aromatic amines is 1. The molecule has 0 bridgehead atoms. The Kier molecular flexibility index (Phi) is 3.07. The van der Waals surface area contributed by atoms with Crippen molar-refractivity contribution in [2.45, 2.75) is 34.6 Å². The number of H-pyrrole nitrogens is 1. The quantitative estimate of drug-likeness (QED) is 0.835. The molecule has 0 radical (unpaired) electrons. The smallest absolute Gasteiger partial charge is 0.264 e. The molecule has 1 aromatic heterocycles. The Morgan fingerprint density at radius 3 is 1.78 bits per heavy atom. The van der Waals surface area contributed by atoms with Gasteiger partial charge < -0.3 is 0 Å². The number of hydrogen-bond donors (Lipinski definition) is 1. The van der Waals surface area contributed by atoms with Crippen molar-refractivity contribution >= 4 is 0 Å². The summed E-state index contributed by atoms with van der Waals surface area (Å²) < 4.78 is 0. The minimum atomic E-state index is -0.172. The van der Waals surface area contributed by atoms with E-state index >= 15 is 0 Å². The van der Waals surface area contributed by atoms with Crippen LogP contribution in [0.3, 0.4) is 0 Å². The van der Waals surface area contributed by atoms with Gasteiger partial charge in [0.1, 0.15) is 0 Å². The van der Waals surface area contributed by atoms with Gasteiger partial charge in [-0.1, -0.05) is 0 Å². The lowest BCUT2D eigenvalue weighted by atomic mass is 9.88. The number of nitrogens with one attached hydrogen (secondary N) is 1. The highest BCUT2D eigenvalue weighted by Crippen LogP contribution is 2.32. The zero-order valence-electron chi connectivity index (χ0n) is 11.5. The van der Waals surface area contributed by atoms with Crippen molar-refractivity contribution in [2.24, 2.45) is 0 Å². The first kappa shape index (κ1) is 12.6. The second kappa shape index (κ2) is 4.41. The van der Waals surface area contributed by atoms with E-state index in [2.05, 4.69) is 44.8 Å². The summed E-state index contributed by atoms with van der Waals surface area (Å²) in [6, 6.07) is 3.30. The first-order valence-corrected chi connectivity index (χ1v) is 6.06. The van der Waals surface area contributed by atoms with Gasteiger partial charge in [-0.25, -0.2) is 5.10 Å². The van der Waals surface area contributed by atoms with E-state index in [9.17, 15) is 4.79 Å². The van der Waals surface area contributed by atoms with Crippen molar-refractivity contribution < 1.29 is 0 Å². The van der Waals surface area contributed by atoms with E-state index in [0.717, 1.165) is 11.3 Å². The van der Waals surface area contributed by atoms with Gasteiger partial charge in [0.2, 0.25) is 0 Å². The molecule has 0 spiro atoms. The zero-order chi connectivity index (χ0) is 13.4. The molecule has 0 saturated carbocycles. The first-order valence-electron chi connectivity index (χ1n) is 6.06. The summed E-state index contributed by atoms with van der Waals surface area (Å²) in [7, 11) is 0. The minimum absolute atomic E-state index is 0.172. The third kappa shape index (κ3) is 1.86. The Labute approximate surface area is 107 Å². The van der Waals surface area contributed by atoms with Crippen LogP contribution in [-0.2, 0) is 0 Å². The van der Waals surface area contributed by atoms with Crippen molar-refractivity contribution in [3.63, 3.8) is 0 Å². The summed E-state index contributed by atoms with van der Waals surface area (Å²) in [5.41, 5.74) is 8.17. The summed E-state index contributed by atoms with van der Waals surface area (Å²) in [4.78, 5) is 11.1. The maximum Gasteiger partial charge on any atom is 0.264 e. The van der Waals surface area contributed by atoms with Crippen LogP contribution in [0.2, 0.25) is 0 Å². The fraction of sp³-hybridized carbons (Fsp3) is 0.333. The van der Waals surface area contributed by atoms with Gasteiger partial charge in [-0.15, -0.1) is 0 Å². The molecule has 0 fully saturated rings. The number of benzene rings is 1. The zero-order valence-corrected chi connectivity index (χ0v) is 11.5. The van der Waals surface area contributed by atoms with E-state index in [-0.39, 0.29) is 5.56 Å². The Morgan fingerprint density at radius 2 is 1.33 bits per heavy atom. The molecule has 0 aliphatic heterocycles. The summed E-state index contributed by atoms with van der Waals surface area (Å²) in [6.45, 7) is 10.6. The highest BCUT2D eigenvalue weighted by molar-refractivity contribution is 5.71. The Morgan fingerprint density at radius 1 is 0.833 bits per heavy atom. The van der Waals surface area contributed by atoms with Crippen LogP contribution in [0, 0.1) is 34.6 Å². The lowest BCUT2D eigenvalue weighted by Gasteiger charge is -2.17. The molecule has 0 amide bonds. The van der Waals surface area contributed by atoms with Crippen molar-refractivity contribution in [1.82, 2.24) is 10.2 Å². The predicted molar refractivity (Wildman–Crippen MR) is 74.0 cm³/mol. The maximum absolute atomic E-state index is 11.1. The van der Waals surface area contributed by atoms with E-state index in [1.807, 2.05) is 0 Å². The summed E-state index contributed by atoms with van der Waals surface area (Å²) in [5, 5.41) is 6.65. The molecule has 1 aromatic carbocycles. The number of aromatic nitrogens is 2.